The molecule has 2 aliphatic heterocycles. The molecule has 0 radical (unpaired) electrons. The monoisotopic (exact) mass is 474 g/mol. The Balaban J connectivity index is 1.37. The second-order valence-corrected chi connectivity index (χ2v) is 10.9. The molecule has 0 saturated carbocycles. The van der Waals surface area contributed by atoms with Gasteiger partial charge in [0.1, 0.15) is 11.9 Å². The van der Waals surface area contributed by atoms with Crippen molar-refractivity contribution in [2.75, 3.05) is 13.1 Å². The quantitative estimate of drug-likeness (QED) is 0.667. The molecule has 0 saturated heterocycles. The molecule has 2 amide bonds. The van der Waals surface area contributed by atoms with Crippen LogP contribution in [-0.4, -0.2) is 50.1 Å². The van der Waals surface area contributed by atoms with Crippen molar-refractivity contribution in [2.45, 2.75) is 44.2 Å². The molecule has 2 N–H and O–H groups in total. The number of sulfonamides is 1. The number of thiophene rings is 1. The first kappa shape index (κ1) is 22.5. The van der Waals surface area contributed by atoms with Gasteiger partial charge in [-0.15, -0.1) is 11.3 Å². The van der Waals surface area contributed by atoms with E-state index >= 15 is 0 Å². The van der Waals surface area contributed by atoms with Crippen molar-refractivity contribution in [1.82, 2.24) is 14.9 Å². The molecule has 2 aliphatic rings. The van der Waals surface area contributed by atoms with E-state index < -0.39 is 16.1 Å². The fourth-order valence-corrected chi connectivity index (χ4v) is 6.02. The summed E-state index contributed by atoms with van der Waals surface area (Å²) in [7, 11) is -3.67. The van der Waals surface area contributed by atoms with E-state index in [1.54, 1.807) is 29.5 Å². The third-order valence-corrected chi connectivity index (χ3v) is 8.05. The second-order valence-electron chi connectivity index (χ2n) is 8.24. The van der Waals surface area contributed by atoms with Gasteiger partial charge in [-0.05, 0) is 41.5 Å². The number of aliphatic imine (C=N–C) groups is 1. The molecule has 0 unspecified atom stereocenters. The van der Waals surface area contributed by atoms with Crippen LogP contribution >= 0.6 is 11.3 Å². The molecule has 8 nitrogen and oxygen atoms in total. The number of hydrogen-bond acceptors (Lipinski definition) is 6. The molecule has 3 heterocycles. The summed E-state index contributed by atoms with van der Waals surface area (Å²) in [6.45, 7) is 5.22. The van der Waals surface area contributed by atoms with Gasteiger partial charge in [0.15, 0.2) is 0 Å². The Hall–Kier alpha value is -2.72. The van der Waals surface area contributed by atoms with Gasteiger partial charge in [-0.25, -0.2) is 8.42 Å². The molecule has 4 rings (SSSR count). The van der Waals surface area contributed by atoms with Gasteiger partial charge >= 0.3 is 0 Å². The van der Waals surface area contributed by atoms with Crippen molar-refractivity contribution in [3.05, 3.63) is 51.7 Å². The Kier molecular flexibility index (Phi) is 6.34. The van der Waals surface area contributed by atoms with E-state index in [1.807, 2.05) is 18.7 Å². The van der Waals surface area contributed by atoms with E-state index in [0.717, 1.165) is 6.42 Å². The van der Waals surface area contributed by atoms with E-state index in [4.69, 9.17) is 0 Å². The summed E-state index contributed by atoms with van der Waals surface area (Å²) in [5.41, 5.74) is 1.66. The van der Waals surface area contributed by atoms with Gasteiger partial charge in [-0.3, -0.25) is 19.3 Å². The zero-order valence-corrected chi connectivity index (χ0v) is 19.6. The van der Waals surface area contributed by atoms with Crippen LogP contribution < -0.4 is 10.0 Å². The third-order valence-electron chi connectivity index (χ3n) is 5.63. The van der Waals surface area contributed by atoms with Crippen LogP contribution in [0.1, 0.15) is 36.3 Å². The third kappa shape index (κ3) is 4.56. The highest BCUT2D eigenvalue weighted by Gasteiger charge is 2.32. The first-order chi connectivity index (χ1) is 15.3. The zero-order valence-electron chi connectivity index (χ0n) is 18.0. The predicted octanol–water partition coefficient (Wildman–Crippen LogP) is 1.90. The molecule has 1 atom stereocenters. The number of amides is 2. The number of benzene rings is 1. The van der Waals surface area contributed by atoms with Crippen LogP contribution in [0.25, 0.3) is 0 Å². The minimum atomic E-state index is -3.67. The summed E-state index contributed by atoms with van der Waals surface area (Å²) in [4.78, 5) is 33.1. The van der Waals surface area contributed by atoms with E-state index in [0.29, 0.717) is 18.7 Å². The Bertz CT molecular complexity index is 1170. The molecule has 10 heteroatoms. The fourth-order valence-electron chi connectivity index (χ4n) is 3.90. The number of amidine groups is 1. The number of fused-ring (bicyclic) bond motifs is 2. The number of carbonyl (C=O) groups is 2. The Morgan fingerprint density at radius 3 is 2.81 bits per heavy atom. The van der Waals surface area contributed by atoms with Crippen LogP contribution in [0.3, 0.4) is 0 Å². The minimum absolute atomic E-state index is 0.00652. The number of nitrogens with one attached hydrogen (secondary N) is 2. The average Bonchev–Trinajstić information content (AvgIpc) is 3.33. The van der Waals surface area contributed by atoms with Crippen molar-refractivity contribution < 1.29 is 18.0 Å². The SMILES string of the molecule is CC(C)[C@H](N=C1NS(=O)(=O)c2ccccc21)C(=O)NCCC(=O)N1CCc2sccc2C1. The molecule has 170 valence electrons. The maximum absolute atomic E-state index is 12.8. The van der Waals surface area contributed by atoms with E-state index in [9.17, 15) is 18.0 Å². The molecule has 2 aromatic rings. The van der Waals surface area contributed by atoms with Crippen LogP contribution in [0.15, 0.2) is 45.6 Å². The molecule has 0 bridgehead atoms. The van der Waals surface area contributed by atoms with Crippen molar-refractivity contribution in [1.29, 1.82) is 0 Å². The lowest BCUT2D eigenvalue weighted by Gasteiger charge is -2.27. The largest absolute Gasteiger partial charge is 0.354 e. The van der Waals surface area contributed by atoms with Gasteiger partial charge in [0.25, 0.3) is 10.0 Å². The van der Waals surface area contributed by atoms with Gasteiger partial charge in [0.05, 0.1) is 4.90 Å². The normalized spacial score (nSPS) is 18.7. The highest BCUT2D eigenvalue weighted by molar-refractivity contribution is 7.90. The molecule has 1 aromatic carbocycles. The van der Waals surface area contributed by atoms with Gasteiger partial charge in [-0.1, -0.05) is 26.0 Å². The van der Waals surface area contributed by atoms with Gasteiger partial charge in [0, 0.05) is 36.5 Å². The van der Waals surface area contributed by atoms with Gasteiger partial charge in [0.2, 0.25) is 11.8 Å². The lowest BCUT2D eigenvalue weighted by Crippen LogP contribution is -2.41. The van der Waals surface area contributed by atoms with Crippen molar-refractivity contribution in [2.24, 2.45) is 10.9 Å². The minimum Gasteiger partial charge on any atom is -0.354 e. The average molecular weight is 475 g/mol. The lowest BCUT2D eigenvalue weighted by atomic mass is 10.0. The highest BCUT2D eigenvalue weighted by atomic mass is 32.2. The second kappa shape index (κ2) is 9.03. The van der Waals surface area contributed by atoms with Crippen LogP contribution in [0, 0.1) is 5.92 Å². The number of hydrogen-bond donors (Lipinski definition) is 2. The predicted molar refractivity (Wildman–Crippen MR) is 123 cm³/mol. The summed E-state index contributed by atoms with van der Waals surface area (Å²) in [5.74, 6) is -0.310. The summed E-state index contributed by atoms with van der Waals surface area (Å²) in [6, 6.07) is 7.83. The Labute approximate surface area is 191 Å². The fraction of sp³-hybridized carbons (Fsp3) is 0.409. The van der Waals surface area contributed by atoms with Crippen LogP contribution in [0.5, 0.6) is 0 Å². The standard InChI is InChI=1S/C22H26N4O4S2/c1-14(2)20(24-21-16-5-3-4-6-18(16)32(29,30)25-21)22(28)23-10-7-19(27)26-11-8-17-15(13-26)9-12-31-17/h3-6,9,12,14,20H,7-8,10-11,13H2,1-2H3,(H,23,28)(H,24,25)/t20-/m0/s1. The van der Waals surface area contributed by atoms with Crippen LogP contribution in [0.2, 0.25) is 0 Å². The van der Waals surface area contributed by atoms with E-state index in [1.165, 1.54) is 16.5 Å². The maximum atomic E-state index is 12.8. The summed E-state index contributed by atoms with van der Waals surface area (Å²) < 4.78 is 27.1. The zero-order chi connectivity index (χ0) is 22.9. The van der Waals surface area contributed by atoms with Crippen LogP contribution in [0.4, 0.5) is 0 Å². The first-order valence-corrected chi connectivity index (χ1v) is 12.9. The van der Waals surface area contributed by atoms with Crippen molar-refractivity contribution >= 4 is 39.0 Å². The molecule has 1 aromatic heterocycles. The van der Waals surface area contributed by atoms with Gasteiger partial charge in [-0.2, -0.15) is 0 Å². The Morgan fingerprint density at radius 1 is 1.25 bits per heavy atom. The first-order valence-electron chi connectivity index (χ1n) is 10.6. The van der Waals surface area contributed by atoms with E-state index in [-0.39, 0.29) is 41.4 Å². The smallest absolute Gasteiger partial charge is 0.263 e. The molecular weight excluding hydrogens is 448 g/mol. The molecule has 0 aliphatic carbocycles. The molecule has 0 spiro atoms. The summed E-state index contributed by atoms with van der Waals surface area (Å²) in [6.07, 6.45) is 1.08. The van der Waals surface area contributed by atoms with Crippen molar-refractivity contribution in [3.8, 4) is 0 Å². The van der Waals surface area contributed by atoms with Crippen molar-refractivity contribution in [3.63, 3.8) is 0 Å². The number of carbonyl (C=O) groups excluding carboxylic acids is 2. The topological polar surface area (TPSA) is 108 Å². The lowest BCUT2D eigenvalue weighted by molar-refractivity contribution is -0.132. The molecule has 0 fully saturated rings. The molecular formula is C22H26N4O4S2. The maximum Gasteiger partial charge on any atom is 0.263 e. The summed E-state index contributed by atoms with van der Waals surface area (Å²) in [5, 5.41) is 4.85. The Morgan fingerprint density at radius 2 is 2.03 bits per heavy atom. The van der Waals surface area contributed by atoms with Crippen LogP contribution in [-0.2, 0) is 32.6 Å². The number of nitrogens with zero attached hydrogens (tertiary/aromatic N) is 2. The van der Waals surface area contributed by atoms with Gasteiger partial charge < -0.3 is 10.2 Å². The summed E-state index contributed by atoms with van der Waals surface area (Å²) >= 11 is 1.73. The molecule has 32 heavy (non-hydrogen) atoms. The highest BCUT2D eigenvalue weighted by Crippen LogP contribution is 2.25. The van der Waals surface area contributed by atoms with E-state index in [2.05, 4.69) is 26.5 Å². The number of rotatable bonds is 6.